The third kappa shape index (κ3) is 5.33. The smallest absolute Gasteiger partial charge is 0.349 e. The number of carboxylic acid groups (broad SMARTS) is 1. The molecule has 38 heavy (non-hydrogen) atoms. The summed E-state index contributed by atoms with van der Waals surface area (Å²) < 4.78 is 27.1. The number of carbonyl (C=O) groups is 1. The number of methoxy groups -OCH3 is 1. The maximum atomic E-state index is 15.7. The van der Waals surface area contributed by atoms with Crippen LogP contribution < -0.4 is 26.2 Å². The molecule has 0 amide bonds. The number of nitrogens with one attached hydrogen (secondary N) is 3. The summed E-state index contributed by atoms with van der Waals surface area (Å²) in [4.78, 5) is 30.7. The molecule has 0 bridgehead atoms. The van der Waals surface area contributed by atoms with E-state index in [1.165, 1.54) is 24.8 Å². The third-order valence-corrected chi connectivity index (χ3v) is 6.10. The number of nitrogen functional groups attached to an aromatic ring is 1. The van der Waals surface area contributed by atoms with Gasteiger partial charge in [0.05, 0.1) is 19.2 Å². The van der Waals surface area contributed by atoms with Crippen LogP contribution in [-0.4, -0.2) is 62.1 Å². The Balaban J connectivity index is 1.86. The Morgan fingerprint density at radius 3 is 2.71 bits per heavy atom. The number of aliphatic hydroxyl groups excluding tert-OH is 1. The highest BCUT2D eigenvalue weighted by atomic mass is 32.1. The molecule has 198 valence electrons. The zero-order valence-corrected chi connectivity index (χ0v) is 20.6. The number of aliphatic hydroxyl groups is 1. The van der Waals surface area contributed by atoms with E-state index in [1.807, 2.05) is 0 Å². The van der Waals surface area contributed by atoms with Gasteiger partial charge in [-0.1, -0.05) is 0 Å². The van der Waals surface area contributed by atoms with E-state index in [2.05, 4.69) is 20.4 Å². The fourth-order valence-electron chi connectivity index (χ4n) is 3.54. The molecule has 13 nitrogen and oxygen atoms in total. The van der Waals surface area contributed by atoms with Gasteiger partial charge in [0.15, 0.2) is 28.1 Å². The zero-order chi connectivity index (χ0) is 27.4. The van der Waals surface area contributed by atoms with Gasteiger partial charge in [0.25, 0.3) is 0 Å². The molecule has 0 aliphatic carbocycles. The van der Waals surface area contributed by atoms with Crippen LogP contribution >= 0.6 is 11.3 Å². The number of aromatic carboxylic acids is 1. The van der Waals surface area contributed by atoms with Crippen molar-refractivity contribution in [2.24, 2.45) is 5.73 Å². The number of hydrogen-bond donors (Lipinski definition) is 6. The molecule has 2 aromatic heterocycles. The number of thiazole rings is 1. The van der Waals surface area contributed by atoms with Crippen molar-refractivity contribution < 1.29 is 28.9 Å². The van der Waals surface area contributed by atoms with E-state index >= 15 is 4.39 Å². The maximum absolute atomic E-state index is 15.7. The van der Waals surface area contributed by atoms with Crippen LogP contribution in [0.25, 0.3) is 5.82 Å². The largest absolute Gasteiger partial charge is 0.497 e. The van der Waals surface area contributed by atoms with Crippen molar-refractivity contribution in [2.45, 2.75) is 6.04 Å². The van der Waals surface area contributed by atoms with Crippen molar-refractivity contribution in [1.82, 2.24) is 19.7 Å². The zero-order valence-electron chi connectivity index (χ0n) is 19.8. The predicted molar refractivity (Wildman–Crippen MR) is 135 cm³/mol. The van der Waals surface area contributed by atoms with Crippen LogP contribution in [0, 0.1) is 11.2 Å². The fourth-order valence-corrected chi connectivity index (χ4v) is 4.14. The van der Waals surface area contributed by atoms with Gasteiger partial charge in [-0.2, -0.15) is 4.68 Å². The molecule has 0 saturated heterocycles. The van der Waals surface area contributed by atoms with Gasteiger partial charge in [0.1, 0.15) is 24.2 Å². The third-order valence-electron chi connectivity index (χ3n) is 5.30. The molecule has 0 aliphatic rings. The number of hydrogen-bond acceptors (Lipinski definition) is 10. The highest BCUT2D eigenvalue weighted by Gasteiger charge is 2.28. The van der Waals surface area contributed by atoms with Crippen molar-refractivity contribution >= 4 is 28.8 Å². The van der Waals surface area contributed by atoms with Crippen molar-refractivity contribution in [3.8, 4) is 17.3 Å². The number of halogens is 1. The van der Waals surface area contributed by atoms with Gasteiger partial charge in [-0.15, -0.1) is 16.4 Å². The Morgan fingerprint density at radius 1 is 1.34 bits per heavy atom. The number of H-pyrrole nitrogens is 1. The molecule has 0 fully saturated rings. The van der Waals surface area contributed by atoms with E-state index in [4.69, 9.17) is 25.7 Å². The minimum absolute atomic E-state index is 0.0365. The first kappa shape index (κ1) is 26.3. The van der Waals surface area contributed by atoms with E-state index in [9.17, 15) is 14.7 Å². The number of anilines is 1. The van der Waals surface area contributed by atoms with Gasteiger partial charge in [-0.3, -0.25) is 10.4 Å². The fraction of sp³-hybridized carbons (Fsp3) is 0.174. The molecule has 4 aromatic rings. The lowest BCUT2D eigenvalue weighted by Gasteiger charge is -2.21. The van der Waals surface area contributed by atoms with Crippen LogP contribution in [0.4, 0.5) is 10.1 Å². The molecule has 0 aliphatic heterocycles. The quantitative estimate of drug-likeness (QED) is 0.119. The summed E-state index contributed by atoms with van der Waals surface area (Å²) in [7, 11) is 1.38. The van der Waals surface area contributed by atoms with Gasteiger partial charge in [-0.25, -0.2) is 19.0 Å². The molecule has 7 N–H and O–H groups in total. The summed E-state index contributed by atoms with van der Waals surface area (Å²) >= 11 is 0.817. The molecule has 2 aromatic carbocycles. The second kappa shape index (κ2) is 11.1. The molecule has 15 heteroatoms. The monoisotopic (exact) mass is 543 g/mol. The molecule has 4 rings (SSSR count). The summed E-state index contributed by atoms with van der Waals surface area (Å²) in [6.07, 6.45) is 0. The van der Waals surface area contributed by atoms with Crippen LogP contribution in [-0.2, 0) is 0 Å². The maximum Gasteiger partial charge on any atom is 0.349 e. The van der Waals surface area contributed by atoms with Crippen LogP contribution in [0.1, 0.15) is 32.7 Å². The second-order valence-corrected chi connectivity index (χ2v) is 8.56. The Kier molecular flexibility index (Phi) is 7.68. The van der Waals surface area contributed by atoms with E-state index in [0.717, 1.165) is 16.0 Å². The minimum Gasteiger partial charge on any atom is -0.497 e. The number of benzene rings is 2. The van der Waals surface area contributed by atoms with Crippen molar-refractivity contribution in [3.63, 3.8) is 0 Å². The molecule has 0 saturated carbocycles. The molecule has 0 unspecified atom stereocenters. The lowest BCUT2D eigenvalue weighted by Crippen LogP contribution is -2.18. The van der Waals surface area contributed by atoms with E-state index < -0.39 is 23.5 Å². The predicted octanol–water partition coefficient (Wildman–Crippen LogP) is 1.72. The molecular weight excluding hydrogens is 521 g/mol. The molecule has 0 spiro atoms. The molecule has 1 atom stereocenters. The Bertz CT molecular complexity index is 1530. The lowest BCUT2D eigenvalue weighted by atomic mass is 10.0. The number of nitrogens with zero attached hydrogens (tertiary/aromatic N) is 3. The Morgan fingerprint density at radius 2 is 2.08 bits per heavy atom. The number of aromatic amines is 1. The Labute approximate surface area is 217 Å². The minimum atomic E-state index is -1.29. The summed E-state index contributed by atoms with van der Waals surface area (Å²) in [5, 5.41) is 33.5. The van der Waals surface area contributed by atoms with Crippen molar-refractivity contribution in [1.29, 1.82) is 5.41 Å². The van der Waals surface area contributed by atoms with Gasteiger partial charge >= 0.3 is 11.7 Å². The van der Waals surface area contributed by atoms with Crippen molar-refractivity contribution in [3.05, 3.63) is 80.0 Å². The van der Waals surface area contributed by atoms with Gasteiger partial charge in [-0.05, 0) is 30.3 Å². The summed E-state index contributed by atoms with van der Waals surface area (Å²) in [5.74, 6) is -2.49. The molecule has 0 radical (unpaired) electrons. The average Bonchev–Trinajstić information content (AvgIpc) is 3.54. The second-order valence-electron chi connectivity index (χ2n) is 7.71. The van der Waals surface area contributed by atoms with Gasteiger partial charge < -0.3 is 30.7 Å². The first-order valence-electron chi connectivity index (χ1n) is 10.9. The number of ether oxygens (including phenoxy) is 2. The average molecular weight is 544 g/mol. The standard InChI is InChI=1S/C23H22FN7O6S/c1-36-13-8-14(16(24)15(9-13)37-7-6-32)17(28-12-4-2-11(3-5-12)19(25)26)20-29-23(35)31(30-20)21-18(22(33)34)38-10-27-21/h2-5,8-10,17,28,32H,6-7H2,1H3,(H3,25,26)(H,33,34)(H,29,30,35)/t17-/m0/s1. The topological polar surface area (TPSA) is 201 Å². The number of carboxylic acids is 1. The number of aromatic nitrogens is 4. The normalized spacial score (nSPS) is 11.7. The highest BCUT2D eigenvalue weighted by Crippen LogP contribution is 2.35. The number of nitrogens with two attached hydrogens (primary N) is 1. The summed E-state index contributed by atoms with van der Waals surface area (Å²) in [6, 6.07) is 7.90. The van der Waals surface area contributed by atoms with E-state index in [-0.39, 0.29) is 52.6 Å². The first-order chi connectivity index (χ1) is 18.2. The Hall–Kier alpha value is -4.76. The summed E-state index contributed by atoms with van der Waals surface area (Å²) in [5.41, 5.74) is 6.86. The number of amidine groups is 1. The van der Waals surface area contributed by atoms with Crippen LogP contribution in [0.5, 0.6) is 11.5 Å². The van der Waals surface area contributed by atoms with Gasteiger partial charge in [0, 0.05) is 22.9 Å². The first-order valence-corrected chi connectivity index (χ1v) is 11.8. The summed E-state index contributed by atoms with van der Waals surface area (Å²) in [6.45, 7) is -0.533. The van der Waals surface area contributed by atoms with Crippen LogP contribution in [0.3, 0.4) is 0 Å². The van der Waals surface area contributed by atoms with E-state index in [1.54, 1.807) is 24.3 Å². The van der Waals surface area contributed by atoms with Crippen LogP contribution in [0.2, 0.25) is 0 Å². The SMILES string of the molecule is COc1cc(OCCO)c(F)c([C@H](Nc2ccc(C(=N)N)cc2)c2nn(-c3ncsc3C(=O)O)c(=O)[nH]2)c1. The number of rotatable bonds is 11. The van der Waals surface area contributed by atoms with E-state index in [0.29, 0.717) is 11.3 Å². The molecule has 2 heterocycles. The lowest BCUT2D eigenvalue weighted by molar-refractivity contribution is 0.0701. The molecular formula is C23H22FN7O6S. The van der Waals surface area contributed by atoms with Gasteiger partial charge in [0.2, 0.25) is 0 Å². The highest BCUT2D eigenvalue weighted by molar-refractivity contribution is 7.12. The van der Waals surface area contributed by atoms with Crippen LogP contribution in [0.15, 0.2) is 46.7 Å². The van der Waals surface area contributed by atoms with Crippen molar-refractivity contribution in [2.75, 3.05) is 25.6 Å².